The van der Waals surface area contributed by atoms with Gasteiger partial charge in [-0.05, 0) is 11.6 Å². The van der Waals surface area contributed by atoms with Crippen molar-refractivity contribution in [2.24, 2.45) is 0 Å². The predicted octanol–water partition coefficient (Wildman–Crippen LogP) is 1.33. The Balaban J connectivity index is 2.62. The number of hydrogen-bond acceptors (Lipinski definition) is 2. The number of pyridine rings is 1. The third kappa shape index (κ3) is 1.38. The van der Waals surface area contributed by atoms with Crippen LogP contribution in [0.25, 0.3) is 0 Å². The van der Waals surface area contributed by atoms with E-state index in [1.165, 1.54) is 0 Å². The molecule has 0 fully saturated rings. The number of aromatic nitrogens is 1. The van der Waals surface area contributed by atoms with Gasteiger partial charge in [-0.2, -0.15) is 0 Å². The molecule has 3 nitrogen and oxygen atoms in total. The van der Waals surface area contributed by atoms with Crippen LogP contribution in [0.4, 0.5) is 0 Å². The van der Waals surface area contributed by atoms with Crippen LogP contribution in [0.15, 0.2) is 23.4 Å². The highest BCUT2D eigenvalue weighted by Gasteiger charge is 2.34. The fourth-order valence-corrected chi connectivity index (χ4v) is 3.38. The molecule has 14 heavy (non-hydrogen) atoms. The Morgan fingerprint density at radius 2 is 2.29 bits per heavy atom. The van der Waals surface area contributed by atoms with Gasteiger partial charge in [0, 0.05) is 31.4 Å². The predicted molar refractivity (Wildman–Crippen MR) is 56.3 cm³/mol. The zero-order chi connectivity index (χ0) is 10.3. The number of hydrogen-bond donors (Lipinski definition) is 0. The second-order valence-corrected chi connectivity index (χ2v) is 5.85. The standard InChI is InChI=1S/C10H14N2OS/c1-10(2)7-12(3)14(13)9-4-5-11-6-8(9)10/h4-6H,7H2,1-3H3. The van der Waals surface area contributed by atoms with Gasteiger partial charge in [0.15, 0.2) is 0 Å². The van der Waals surface area contributed by atoms with Gasteiger partial charge in [-0.1, -0.05) is 13.8 Å². The molecule has 0 bridgehead atoms. The van der Waals surface area contributed by atoms with E-state index in [0.29, 0.717) is 0 Å². The van der Waals surface area contributed by atoms with Crippen LogP contribution in [-0.4, -0.2) is 27.1 Å². The van der Waals surface area contributed by atoms with Crippen LogP contribution < -0.4 is 0 Å². The molecule has 0 aliphatic carbocycles. The van der Waals surface area contributed by atoms with Crippen LogP contribution in [0, 0.1) is 0 Å². The van der Waals surface area contributed by atoms with Crippen LogP contribution in [0.3, 0.4) is 0 Å². The van der Waals surface area contributed by atoms with Gasteiger partial charge in [0.05, 0.1) is 4.90 Å². The molecule has 0 radical (unpaired) electrons. The van der Waals surface area contributed by atoms with Crippen molar-refractivity contribution in [2.75, 3.05) is 13.6 Å². The molecule has 0 aromatic carbocycles. The Hall–Kier alpha value is -0.740. The van der Waals surface area contributed by atoms with Crippen molar-refractivity contribution in [1.82, 2.24) is 9.29 Å². The summed E-state index contributed by atoms with van der Waals surface area (Å²) in [6.45, 7) is 5.11. The van der Waals surface area contributed by atoms with Crippen molar-refractivity contribution < 1.29 is 4.21 Å². The van der Waals surface area contributed by atoms with E-state index in [0.717, 1.165) is 17.0 Å². The summed E-state index contributed by atoms with van der Waals surface area (Å²) in [6, 6.07) is 1.85. The zero-order valence-electron chi connectivity index (χ0n) is 8.65. The van der Waals surface area contributed by atoms with Crippen LogP contribution >= 0.6 is 0 Å². The van der Waals surface area contributed by atoms with Crippen molar-refractivity contribution in [3.63, 3.8) is 0 Å². The van der Waals surface area contributed by atoms with Gasteiger partial charge in [-0.15, -0.1) is 0 Å². The molecule has 4 heteroatoms. The molecule has 1 atom stereocenters. The summed E-state index contributed by atoms with van der Waals surface area (Å²) >= 11 is 0. The monoisotopic (exact) mass is 210 g/mol. The van der Waals surface area contributed by atoms with E-state index < -0.39 is 11.0 Å². The van der Waals surface area contributed by atoms with Gasteiger partial charge in [0.25, 0.3) is 0 Å². The van der Waals surface area contributed by atoms with E-state index in [4.69, 9.17) is 0 Å². The van der Waals surface area contributed by atoms with E-state index in [2.05, 4.69) is 18.8 Å². The van der Waals surface area contributed by atoms with Gasteiger partial charge < -0.3 is 0 Å². The van der Waals surface area contributed by atoms with Crippen molar-refractivity contribution in [3.05, 3.63) is 24.0 Å². The molecule has 2 rings (SSSR count). The number of nitrogens with zero attached hydrogens (tertiary/aromatic N) is 2. The lowest BCUT2D eigenvalue weighted by Gasteiger charge is -2.36. The largest absolute Gasteiger partial charge is 0.264 e. The van der Waals surface area contributed by atoms with Gasteiger partial charge in [-0.3, -0.25) is 4.98 Å². The fraction of sp³-hybridized carbons (Fsp3) is 0.500. The summed E-state index contributed by atoms with van der Waals surface area (Å²) in [6.07, 6.45) is 3.53. The SMILES string of the molecule is CN1CC(C)(C)c2cnccc2S1=O. The highest BCUT2D eigenvalue weighted by atomic mass is 32.2. The molecule has 1 aromatic heterocycles. The summed E-state index contributed by atoms with van der Waals surface area (Å²) in [5, 5.41) is 0. The third-order valence-electron chi connectivity index (χ3n) is 2.60. The average Bonchev–Trinajstić information content (AvgIpc) is 2.14. The van der Waals surface area contributed by atoms with Crippen molar-refractivity contribution in [2.45, 2.75) is 24.2 Å². The van der Waals surface area contributed by atoms with Gasteiger partial charge >= 0.3 is 0 Å². The summed E-state index contributed by atoms with van der Waals surface area (Å²) in [5.41, 5.74) is 1.14. The summed E-state index contributed by atoms with van der Waals surface area (Å²) < 4.78 is 13.8. The lowest BCUT2D eigenvalue weighted by Crippen LogP contribution is -2.41. The van der Waals surface area contributed by atoms with E-state index >= 15 is 0 Å². The van der Waals surface area contributed by atoms with Crippen LogP contribution in [0.5, 0.6) is 0 Å². The highest BCUT2D eigenvalue weighted by molar-refractivity contribution is 7.82. The van der Waals surface area contributed by atoms with Gasteiger partial charge in [0.1, 0.15) is 11.0 Å². The Morgan fingerprint density at radius 1 is 1.57 bits per heavy atom. The molecule has 76 valence electrons. The maximum Gasteiger partial charge on any atom is 0.127 e. The number of likely N-dealkylation sites (N-methyl/N-ethyl adjacent to an activating group) is 1. The maximum absolute atomic E-state index is 11.9. The lowest BCUT2D eigenvalue weighted by atomic mass is 9.85. The molecule has 0 N–H and O–H groups in total. The normalized spacial score (nSPS) is 25.8. The number of fused-ring (bicyclic) bond motifs is 1. The molecule has 0 saturated carbocycles. The quantitative estimate of drug-likeness (QED) is 0.647. The summed E-state index contributed by atoms with van der Waals surface area (Å²) in [5.74, 6) is 0. The first-order chi connectivity index (χ1) is 6.52. The van der Waals surface area contributed by atoms with E-state index in [9.17, 15) is 4.21 Å². The first kappa shape index (κ1) is 9.80. The molecule has 1 aromatic rings. The molecule has 0 saturated heterocycles. The van der Waals surface area contributed by atoms with Crippen molar-refractivity contribution in [1.29, 1.82) is 0 Å². The number of rotatable bonds is 0. The molecular weight excluding hydrogens is 196 g/mol. The van der Waals surface area contributed by atoms with E-state index in [-0.39, 0.29) is 5.41 Å². The first-order valence-electron chi connectivity index (χ1n) is 4.60. The van der Waals surface area contributed by atoms with E-state index in [1.807, 2.05) is 23.6 Å². The summed E-state index contributed by atoms with van der Waals surface area (Å²) in [7, 11) is 0.877. The third-order valence-corrected chi connectivity index (χ3v) is 4.03. The minimum atomic E-state index is -1.01. The average molecular weight is 210 g/mol. The molecule has 1 unspecified atom stereocenters. The van der Waals surface area contributed by atoms with Gasteiger partial charge in [0.2, 0.25) is 0 Å². The van der Waals surface area contributed by atoms with Crippen LogP contribution in [0.1, 0.15) is 19.4 Å². The van der Waals surface area contributed by atoms with E-state index in [1.54, 1.807) is 6.20 Å². The molecule has 1 aliphatic rings. The lowest BCUT2D eigenvalue weighted by molar-refractivity contribution is 0.368. The maximum atomic E-state index is 11.9. The highest BCUT2D eigenvalue weighted by Crippen LogP contribution is 2.33. The second-order valence-electron chi connectivity index (χ2n) is 4.29. The van der Waals surface area contributed by atoms with Crippen LogP contribution in [-0.2, 0) is 16.4 Å². The first-order valence-corrected chi connectivity index (χ1v) is 5.70. The Bertz CT molecular complexity index is 389. The summed E-state index contributed by atoms with van der Waals surface area (Å²) in [4.78, 5) is 5.00. The zero-order valence-corrected chi connectivity index (χ0v) is 9.47. The molecule has 0 spiro atoms. The Morgan fingerprint density at radius 3 is 3.00 bits per heavy atom. The van der Waals surface area contributed by atoms with Crippen molar-refractivity contribution >= 4 is 11.0 Å². The fourth-order valence-electron chi connectivity index (χ4n) is 1.91. The molecular formula is C10H14N2OS. The minimum absolute atomic E-state index is 0.0340. The smallest absolute Gasteiger partial charge is 0.127 e. The minimum Gasteiger partial charge on any atom is -0.264 e. The molecule has 0 amide bonds. The molecule has 1 aliphatic heterocycles. The Labute approximate surface area is 86.7 Å². The second kappa shape index (κ2) is 3.14. The Kier molecular flexibility index (Phi) is 2.20. The van der Waals surface area contributed by atoms with Gasteiger partial charge in [-0.25, -0.2) is 8.51 Å². The molecule has 2 heterocycles. The topological polar surface area (TPSA) is 33.2 Å². The van der Waals surface area contributed by atoms with Crippen LogP contribution in [0.2, 0.25) is 0 Å². The van der Waals surface area contributed by atoms with Crippen molar-refractivity contribution in [3.8, 4) is 0 Å².